The fraction of sp³-hybridized carbons (Fsp3) is 0.231. The van der Waals surface area contributed by atoms with Crippen molar-refractivity contribution in [3.63, 3.8) is 0 Å². The summed E-state index contributed by atoms with van der Waals surface area (Å²) in [5.74, 6) is 0.832. The van der Waals surface area contributed by atoms with Crippen molar-refractivity contribution in [1.82, 2.24) is 5.32 Å². The number of rotatable bonds is 1. The molecule has 2 aliphatic heterocycles. The summed E-state index contributed by atoms with van der Waals surface area (Å²) in [4.78, 5) is 12.2. The molecule has 5 heteroatoms. The fourth-order valence-electron chi connectivity index (χ4n) is 2.10. The Morgan fingerprint density at radius 2 is 2.39 bits per heavy atom. The lowest BCUT2D eigenvalue weighted by molar-refractivity contribution is -0.115. The van der Waals surface area contributed by atoms with Crippen LogP contribution in [0, 0.1) is 0 Å². The quantitative estimate of drug-likeness (QED) is 0.632. The molecule has 0 unspecified atom stereocenters. The third kappa shape index (κ3) is 2.15. The maximum absolute atomic E-state index is 11.6. The number of nitrogens with one attached hydrogen (secondary N) is 1. The molecule has 0 spiro atoms. The molecule has 1 aromatic rings. The van der Waals surface area contributed by atoms with Gasteiger partial charge in [0.25, 0.3) is 5.91 Å². The lowest BCUT2D eigenvalue weighted by Crippen LogP contribution is -2.17. The van der Waals surface area contributed by atoms with E-state index in [4.69, 9.17) is 17.0 Å². The number of carbonyl (C=O) groups is 1. The maximum atomic E-state index is 11.6. The van der Waals surface area contributed by atoms with Gasteiger partial charge in [0, 0.05) is 6.42 Å². The molecule has 1 atom stereocenters. The Morgan fingerprint density at radius 3 is 3.11 bits per heavy atom. The van der Waals surface area contributed by atoms with Gasteiger partial charge >= 0.3 is 0 Å². The predicted molar refractivity (Wildman–Crippen MR) is 76.5 cm³/mol. The zero-order valence-corrected chi connectivity index (χ0v) is 11.4. The van der Waals surface area contributed by atoms with Crippen LogP contribution in [0.3, 0.4) is 0 Å². The molecular weight excluding hydrogens is 266 g/mol. The Morgan fingerprint density at radius 1 is 1.56 bits per heavy atom. The molecule has 1 fully saturated rings. The molecule has 1 N–H and O–H groups in total. The van der Waals surface area contributed by atoms with E-state index in [0.29, 0.717) is 9.23 Å². The molecule has 92 valence electrons. The maximum Gasteiger partial charge on any atom is 0.263 e. The monoisotopic (exact) mass is 277 g/mol. The first-order valence-corrected chi connectivity index (χ1v) is 6.89. The number of thiocarbonyl (C=S) groups is 1. The molecule has 0 saturated carbocycles. The van der Waals surface area contributed by atoms with E-state index in [2.05, 4.69) is 18.3 Å². The molecule has 0 aromatic heterocycles. The number of ether oxygens (including phenoxy) is 1. The summed E-state index contributed by atoms with van der Waals surface area (Å²) in [6.45, 7) is 2.05. The summed E-state index contributed by atoms with van der Waals surface area (Å²) >= 11 is 6.26. The van der Waals surface area contributed by atoms with Crippen molar-refractivity contribution in [2.24, 2.45) is 0 Å². The van der Waals surface area contributed by atoms with E-state index in [1.54, 1.807) is 0 Å². The largest absolute Gasteiger partial charge is 0.490 e. The van der Waals surface area contributed by atoms with E-state index in [9.17, 15) is 4.79 Å². The molecule has 2 aliphatic rings. The summed E-state index contributed by atoms with van der Waals surface area (Å²) in [6.07, 6.45) is 3.02. The van der Waals surface area contributed by atoms with Gasteiger partial charge in [0.2, 0.25) is 0 Å². The number of thioether (sulfide) groups is 1. The van der Waals surface area contributed by atoms with Gasteiger partial charge in [-0.1, -0.05) is 30.0 Å². The number of amides is 1. The van der Waals surface area contributed by atoms with Gasteiger partial charge in [0.05, 0.1) is 4.91 Å². The van der Waals surface area contributed by atoms with Crippen LogP contribution in [0.4, 0.5) is 0 Å². The van der Waals surface area contributed by atoms with Crippen molar-refractivity contribution in [2.45, 2.75) is 19.4 Å². The average Bonchev–Trinajstić information content (AvgIpc) is 2.80. The second-order valence-electron chi connectivity index (χ2n) is 4.35. The van der Waals surface area contributed by atoms with E-state index in [0.717, 1.165) is 17.7 Å². The Hall–Kier alpha value is -1.33. The minimum atomic E-state index is -0.116. The Balaban J connectivity index is 1.91. The van der Waals surface area contributed by atoms with Crippen LogP contribution in [0.2, 0.25) is 0 Å². The van der Waals surface area contributed by atoms with Gasteiger partial charge in [0.1, 0.15) is 16.2 Å². The van der Waals surface area contributed by atoms with Crippen molar-refractivity contribution in [1.29, 1.82) is 0 Å². The van der Waals surface area contributed by atoms with E-state index >= 15 is 0 Å². The van der Waals surface area contributed by atoms with Crippen LogP contribution < -0.4 is 10.1 Å². The normalized spacial score (nSPS) is 24.1. The molecule has 0 radical (unpaired) electrons. The van der Waals surface area contributed by atoms with Crippen LogP contribution in [0.5, 0.6) is 5.75 Å². The Labute approximate surface area is 115 Å². The van der Waals surface area contributed by atoms with Crippen molar-refractivity contribution in [2.75, 3.05) is 0 Å². The summed E-state index contributed by atoms with van der Waals surface area (Å²) in [7, 11) is 0. The Bertz CT molecular complexity index is 580. The van der Waals surface area contributed by atoms with Gasteiger partial charge in [-0.3, -0.25) is 4.79 Å². The number of benzene rings is 1. The highest BCUT2D eigenvalue weighted by Gasteiger charge is 2.23. The number of carbonyl (C=O) groups excluding carboxylic acids is 1. The van der Waals surface area contributed by atoms with Crippen molar-refractivity contribution in [3.8, 4) is 5.75 Å². The molecule has 0 aliphatic carbocycles. The molecule has 3 nitrogen and oxygen atoms in total. The standard InChI is InChI=1S/C13H11NO2S2/c1-7-4-9-5-8(2-3-10(9)16-7)6-11-12(15)14-13(17)18-11/h2-3,5-7H,4H2,1H3,(H,14,15,17)/b11-6+/t7-/m0/s1. The van der Waals surface area contributed by atoms with Gasteiger partial charge in [0.15, 0.2) is 0 Å². The van der Waals surface area contributed by atoms with Crippen LogP contribution in [0.1, 0.15) is 18.1 Å². The summed E-state index contributed by atoms with van der Waals surface area (Å²) in [5, 5.41) is 2.61. The van der Waals surface area contributed by atoms with E-state index < -0.39 is 0 Å². The average molecular weight is 277 g/mol. The summed E-state index contributed by atoms with van der Waals surface area (Å²) < 4.78 is 6.16. The number of hydrogen-bond acceptors (Lipinski definition) is 4. The van der Waals surface area contributed by atoms with Crippen LogP contribution in [-0.4, -0.2) is 16.3 Å². The zero-order chi connectivity index (χ0) is 12.7. The molecule has 1 aromatic carbocycles. The van der Waals surface area contributed by atoms with Gasteiger partial charge in [-0.15, -0.1) is 0 Å². The van der Waals surface area contributed by atoms with Gasteiger partial charge in [-0.05, 0) is 36.3 Å². The second-order valence-corrected chi connectivity index (χ2v) is 6.07. The number of hydrogen-bond donors (Lipinski definition) is 1. The lowest BCUT2D eigenvalue weighted by atomic mass is 10.1. The third-order valence-electron chi connectivity index (χ3n) is 2.86. The van der Waals surface area contributed by atoms with E-state index in [1.807, 2.05) is 18.2 Å². The molecule has 2 heterocycles. The zero-order valence-electron chi connectivity index (χ0n) is 9.73. The van der Waals surface area contributed by atoms with Crippen LogP contribution in [0.25, 0.3) is 6.08 Å². The van der Waals surface area contributed by atoms with Gasteiger partial charge in [-0.25, -0.2) is 0 Å². The molecule has 1 amide bonds. The van der Waals surface area contributed by atoms with E-state index in [1.165, 1.54) is 17.3 Å². The second kappa shape index (κ2) is 4.40. The Kier molecular flexibility index (Phi) is 2.87. The van der Waals surface area contributed by atoms with Crippen LogP contribution in [-0.2, 0) is 11.2 Å². The molecule has 0 bridgehead atoms. The first-order valence-electron chi connectivity index (χ1n) is 5.66. The highest BCUT2D eigenvalue weighted by Crippen LogP contribution is 2.31. The van der Waals surface area contributed by atoms with E-state index in [-0.39, 0.29) is 12.0 Å². The first kappa shape index (κ1) is 11.7. The van der Waals surface area contributed by atoms with Crippen LogP contribution in [0.15, 0.2) is 23.1 Å². The minimum absolute atomic E-state index is 0.116. The lowest BCUT2D eigenvalue weighted by Gasteiger charge is -2.02. The predicted octanol–water partition coefficient (Wildman–Crippen LogP) is 2.50. The number of fused-ring (bicyclic) bond motifs is 1. The van der Waals surface area contributed by atoms with Crippen LogP contribution >= 0.6 is 24.0 Å². The fourth-order valence-corrected chi connectivity index (χ4v) is 3.15. The van der Waals surface area contributed by atoms with Gasteiger partial charge in [-0.2, -0.15) is 0 Å². The summed E-state index contributed by atoms with van der Waals surface area (Å²) in [6, 6.07) is 5.99. The minimum Gasteiger partial charge on any atom is -0.490 e. The highest BCUT2D eigenvalue weighted by atomic mass is 32.2. The SMILES string of the molecule is C[C@H]1Cc2cc(/C=C3/SC(=S)NC3=O)ccc2O1. The summed E-state index contributed by atoms with van der Waals surface area (Å²) in [5.41, 5.74) is 2.21. The molecular formula is C13H11NO2S2. The third-order valence-corrected chi connectivity index (χ3v) is 4.02. The first-order chi connectivity index (χ1) is 8.61. The molecule has 18 heavy (non-hydrogen) atoms. The molecule has 3 rings (SSSR count). The topological polar surface area (TPSA) is 38.3 Å². The van der Waals surface area contributed by atoms with Gasteiger partial charge < -0.3 is 10.1 Å². The smallest absolute Gasteiger partial charge is 0.263 e. The molecule has 1 saturated heterocycles. The highest BCUT2D eigenvalue weighted by molar-refractivity contribution is 8.26. The van der Waals surface area contributed by atoms with Crippen molar-refractivity contribution < 1.29 is 9.53 Å². The van der Waals surface area contributed by atoms with Crippen molar-refractivity contribution in [3.05, 3.63) is 34.2 Å². The van der Waals surface area contributed by atoms with Crippen molar-refractivity contribution >= 4 is 40.3 Å².